The van der Waals surface area contributed by atoms with Gasteiger partial charge in [0.2, 0.25) is 0 Å². The number of aromatic nitrogens is 1. The maximum Gasteiger partial charge on any atom is 0.125 e. The molecular weight excluding hydrogens is 247 g/mol. The maximum absolute atomic E-state index is 13.1. The number of pyridine rings is 1. The molecule has 2 rings (SSSR count). The van der Waals surface area contributed by atoms with Gasteiger partial charge in [0.25, 0.3) is 0 Å². The monoisotopic (exact) mass is 254 g/mol. The van der Waals surface area contributed by atoms with Crippen molar-refractivity contribution in [2.24, 2.45) is 0 Å². The summed E-state index contributed by atoms with van der Waals surface area (Å²) in [5, 5.41) is 3.78. The maximum atomic E-state index is 13.1. The number of hydrogen-bond donors (Lipinski definition) is 1. The number of anilines is 1. The predicted octanol–water partition coefficient (Wildman–Crippen LogP) is 3.18. The van der Waals surface area contributed by atoms with Crippen molar-refractivity contribution in [2.75, 3.05) is 12.4 Å². The first-order valence-electron chi connectivity index (χ1n) is 4.14. The summed E-state index contributed by atoms with van der Waals surface area (Å²) in [5.41, 5.74) is 1.63. The average molecular weight is 255 g/mol. The van der Waals surface area contributed by atoms with E-state index in [9.17, 15) is 4.39 Å². The molecule has 4 heteroatoms. The highest BCUT2D eigenvalue weighted by molar-refractivity contribution is 9.10. The molecule has 0 saturated carbocycles. The molecule has 0 aliphatic carbocycles. The lowest BCUT2D eigenvalue weighted by Crippen LogP contribution is -1.92. The van der Waals surface area contributed by atoms with Gasteiger partial charge in [0.1, 0.15) is 5.82 Å². The molecule has 1 N–H and O–H groups in total. The Morgan fingerprint density at radius 1 is 1.43 bits per heavy atom. The lowest BCUT2D eigenvalue weighted by molar-refractivity contribution is 0.629. The third-order valence-corrected chi connectivity index (χ3v) is 2.64. The van der Waals surface area contributed by atoms with E-state index in [-0.39, 0.29) is 5.82 Å². The molecule has 0 aliphatic rings. The normalized spacial score (nSPS) is 10.5. The number of rotatable bonds is 1. The summed E-state index contributed by atoms with van der Waals surface area (Å²) in [4.78, 5) is 4.18. The van der Waals surface area contributed by atoms with Crippen LogP contribution in [0.2, 0.25) is 0 Å². The average Bonchev–Trinajstić information content (AvgIpc) is 2.17. The highest BCUT2D eigenvalue weighted by atomic mass is 79.9. The fourth-order valence-corrected chi connectivity index (χ4v) is 1.93. The Kier molecular flexibility index (Phi) is 2.37. The number of benzene rings is 1. The smallest absolute Gasteiger partial charge is 0.125 e. The second-order valence-electron chi connectivity index (χ2n) is 2.89. The van der Waals surface area contributed by atoms with Gasteiger partial charge >= 0.3 is 0 Å². The number of hydrogen-bond acceptors (Lipinski definition) is 2. The van der Waals surface area contributed by atoms with Crippen molar-refractivity contribution in [1.82, 2.24) is 4.98 Å². The largest absolute Gasteiger partial charge is 0.388 e. The first-order chi connectivity index (χ1) is 6.72. The molecule has 2 aromatic rings. The Morgan fingerprint density at radius 2 is 2.21 bits per heavy atom. The molecule has 1 heterocycles. The van der Waals surface area contributed by atoms with E-state index in [1.165, 1.54) is 12.1 Å². The Balaban J connectivity index is 2.86. The van der Waals surface area contributed by atoms with Crippen molar-refractivity contribution in [3.8, 4) is 0 Å². The number of nitrogens with zero attached hydrogens (tertiary/aromatic N) is 1. The zero-order valence-corrected chi connectivity index (χ0v) is 9.10. The first kappa shape index (κ1) is 9.40. The van der Waals surface area contributed by atoms with Crippen LogP contribution in [0.1, 0.15) is 0 Å². The summed E-state index contributed by atoms with van der Waals surface area (Å²) in [6, 6.07) is 4.70. The minimum absolute atomic E-state index is 0.270. The van der Waals surface area contributed by atoms with E-state index < -0.39 is 0 Å². The molecule has 1 aromatic carbocycles. The van der Waals surface area contributed by atoms with Crippen molar-refractivity contribution < 1.29 is 4.39 Å². The molecule has 2 nitrogen and oxygen atoms in total. The summed E-state index contributed by atoms with van der Waals surface area (Å²) in [6.07, 6.45) is 1.69. The first-order valence-corrected chi connectivity index (χ1v) is 4.93. The van der Waals surface area contributed by atoms with Gasteiger partial charge in [-0.2, -0.15) is 0 Å². The van der Waals surface area contributed by atoms with E-state index in [1.54, 1.807) is 13.2 Å². The van der Waals surface area contributed by atoms with Crippen molar-refractivity contribution in [2.45, 2.75) is 0 Å². The van der Waals surface area contributed by atoms with Gasteiger partial charge in [-0.05, 0) is 34.1 Å². The minimum Gasteiger partial charge on any atom is -0.388 e. The molecule has 72 valence electrons. The van der Waals surface area contributed by atoms with Gasteiger partial charge in [-0.3, -0.25) is 4.98 Å². The molecule has 0 radical (unpaired) electrons. The van der Waals surface area contributed by atoms with Gasteiger partial charge in [-0.1, -0.05) is 0 Å². The number of halogens is 2. The van der Waals surface area contributed by atoms with Crippen molar-refractivity contribution in [1.29, 1.82) is 0 Å². The van der Waals surface area contributed by atoms with Crippen molar-refractivity contribution in [3.63, 3.8) is 0 Å². The third-order valence-electron chi connectivity index (χ3n) is 2.03. The van der Waals surface area contributed by atoms with Gasteiger partial charge < -0.3 is 5.32 Å². The van der Waals surface area contributed by atoms with Crippen molar-refractivity contribution >= 4 is 32.5 Å². The molecule has 0 saturated heterocycles. The fraction of sp³-hybridized carbons (Fsp3) is 0.100. The van der Waals surface area contributed by atoms with Gasteiger partial charge in [-0.15, -0.1) is 0 Å². The third kappa shape index (κ3) is 1.46. The molecule has 0 atom stereocenters. The molecule has 0 fully saturated rings. The van der Waals surface area contributed by atoms with Crippen LogP contribution < -0.4 is 5.32 Å². The van der Waals surface area contributed by atoms with Crippen LogP contribution in [0.5, 0.6) is 0 Å². The van der Waals surface area contributed by atoms with Crippen LogP contribution in [-0.2, 0) is 0 Å². The molecular formula is C10H8BrFN2. The Hall–Kier alpha value is -1.16. The molecule has 0 aliphatic heterocycles. The van der Waals surface area contributed by atoms with Crippen LogP contribution in [0.3, 0.4) is 0 Å². The zero-order valence-electron chi connectivity index (χ0n) is 7.51. The molecule has 0 amide bonds. The standard InChI is InChI=1S/C10H8BrFN2/c1-13-9-2-3-14-10-7(9)4-6(12)5-8(10)11/h2-5H,1H3,(H,13,14). The summed E-state index contributed by atoms with van der Waals surface area (Å²) in [6.45, 7) is 0. The van der Waals surface area contributed by atoms with E-state index in [1.807, 2.05) is 6.07 Å². The zero-order chi connectivity index (χ0) is 10.1. The fourth-order valence-electron chi connectivity index (χ4n) is 1.40. The highest BCUT2D eigenvalue weighted by Gasteiger charge is 2.05. The van der Waals surface area contributed by atoms with Crippen LogP contribution in [0.25, 0.3) is 10.9 Å². The Bertz CT molecular complexity index is 485. The van der Waals surface area contributed by atoms with Crippen LogP contribution in [-0.4, -0.2) is 12.0 Å². The lowest BCUT2D eigenvalue weighted by atomic mass is 10.2. The predicted molar refractivity (Wildman–Crippen MR) is 58.9 cm³/mol. The van der Waals surface area contributed by atoms with E-state index >= 15 is 0 Å². The van der Waals surface area contributed by atoms with Gasteiger partial charge in [0, 0.05) is 28.8 Å². The van der Waals surface area contributed by atoms with E-state index in [2.05, 4.69) is 26.2 Å². The lowest BCUT2D eigenvalue weighted by Gasteiger charge is -2.06. The van der Waals surface area contributed by atoms with Gasteiger partial charge in [0.15, 0.2) is 0 Å². The SMILES string of the molecule is CNc1ccnc2c(Br)cc(F)cc12. The quantitative estimate of drug-likeness (QED) is 0.846. The molecule has 0 unspecified atom stereocenters. The van der Waals surface area contributed by atoms with Gasteiger partial charge in [0.05, 0.1) is 5.52 Å². The van der Waals surface area contributed by atoms with Crippen LogP contribution in [0, 0.1) is 5.82 Å². The second-order valence-corrected chi connectivity index (χ2v) is 3.75. The molecule has 0 spiro atoms. The van der Waals surface area contributed by atoms with Crippen molar-refractivity contribution in [3.05, 3.63) is 34.7 Å². The summed E-state index contributed by atoms with van der Waals surface area (Å²) >= 11 is 3.28. The second kappa shape index (κ2) is 3.53. The Morgan fingerprint density at radius 3 is 2.93 bits per heavy atom. The van der Waals surface area contributed by atoms with E-state index in [0.29, 0.717) is 4.47 Å². The summed E-state index contributed by atoms with van der Waals surface area (Å²) < 4.78 is 13.8. The topological polar surface area (TPSA) is 24.9 Å². The summed E-state index contributed by atoms with van der Waals surface area (Å²) in [7, 11) is 1.80. The number of nitrogens with one attached hydrogen (secondary N) is 1. The summed E-state index contributed by atoms with van der Waals surface area (Å²) in [5.74, 6) is -0.270. The minimum atomic E-state index is -0.270. The van der Waals surface area contributed by atoms with Crippen LogP contribution in [0.15, 0.2) is 28.9 Å². The number of fused-ring (bicyclic) bond motifs is 1. The van der Waals surface area contributed by atoms with E-state index in [4.69, 9.17) is 0 Å². The Labute approximate surface area is 89.3 Å². The molecule has 1 aromatic heterocycles. The van der Waals surface area contributed by atoms with E-state index in [0.717, 1.165) is 16.6 Å². The van der Waals surface area contributed by atoms with Gasteiger partial charge in [-0.25, -0.2) is 4.39 Å². The molecule has 14 heavy (non-hydrogen) atoms. The van der Waals surface area contributed by atoms with Crippen LogP contribution >= 0.6 is 15.9 Å². The van der Waals surface area contributed by atoms with Crippen LogP contribution in [0.4, 0.5) is 10.1 Å². The highest BCUT2D eigenvalue weighted by Crippen LogP contribution is 2.28. The molecule has 0 bridgehead atoms.